The molecule has 1 aromatic carbocycles. The molecule has 7 heteroatoms. The number of hydrogen-bond donors (Lipinski definition) is 2. The summed E-state index contributed by atoms with van der Waals surface area (Å²) in [4.78, 5) is 36.2. The summed E-state index contributed by atoms with van der Waals surface area (Å²) in [6, 6.07) is 9.30. The molecule has 0 radical (unpaired) electrons. The molecule has 0 aliphatic rings. The fourth-order valence-electron chi connectivity index (χ4n) is 2.98. The lowest BCUT2D eigenvalue weighted by Gasteiger charge is -2.22. The van der Waals surface area contributed by atoms with Crippen LogP contribution in [0.5, 0.6) is 0 Å². The molecule has 5 nitrogen and oxygen atoms in total. The van der Waals surface area contributed by atoms with Gasteiger partial charge in [-0.05, 0) is 36.7 Å². The summed E-state index contributed by atoms with van der Waals surface area (Å²) in [5, 5.41) is 12.3. The molecule has 0 aliphatic heterocycles. The summed E-state index contributed by atoms with van der Waals surface area (Å²) in [6.07, 6.45) is 3.65. The fourth-order valence-corrected chi connectivity index (χ4v) is 5.50. The molecule has 3 atom stereocenters. The SMILES string of the molecule is CC(CCC(=O)O)SSC(C)CCC(=O)N[C@@H](Cc1ccccc1)C(=O)CCC(C)(C)C. The number of nitrogens with one attached hydrogen (secondary N) is 1. The molecule has 1 aromatic rings. The van der Waals surface area contributed by atoms with Gasteiger partial charge in [-0.3, -0.25) is 14.4 Å². The number of benzene rings is 1. The number of carbonyl (C=O) groups excluding carboxylic acids is 2. The lowest BCUT2D eigenvalue weighted by molar-refractivity contribution is -0.137. The molecule has 180 valence electrons. The molecule has 0 aliphatic carbocycles. The first kappa shape index (κ1) is 28.6. The second-order valence-electron chi connectivity index (χ2n) is 9.62. The number of carboxylic acids is 1. The van der Waals surface area contributed by atoms with Gasteiger partial charge in [0, 0.05) is 29.8 Å². The average Bonchev–Trinajstić information content (AvgIpc) is 2.72. The molecule has 1 rings (SSSR count). The molecule has 32 heavy (non-hydrogen) atoms. The molecular formula is C25H39NO4S2. The van der Waals surface area contributed by atoms with Gasteiger partial charge in [0.25, 0.3) is 0 Å². The Balaban J connectivity index is 2.54. The van der Waals surface area contributed by atoms with Crippen molar-refractivity contribution in [2.75, 3.05) is 0 Å². The van der Waals surface area contributed by atoms with Gasteiger partial charge in [0.1, 0.15) is 0 Å². The molecule has 2 unspecified atom stereocenters. The Morgan fingerprint density at radius 2 is 1.50 bits per heavy atom. The second-order valence-corrected chi connectivity index (χ2v) is 12.8. The van der Waals surface area contributed by atoms with Gasteiger partial charge < -0.3 is 10.4 Å². The molecule has 2 N–H and O–H groups in total. The van der Waals surface area contributed by atoms with Crippen molar-refractivity contribution >= 4 is 39.2 Å². The maximum atomic E-state index is 12.9. The molecule has 0 fully saturated rings. The molecule has 0 saturated heterocycles. The van der Waals surface area contributed by atoms with E-state index in [1.165, 1.54) is 0 Å². The van der Waals surface area contributed by atoms with Gasteiger partial charge in [-0.25, -0.2) is 0 Å². The maximum Gasteiger partial charge on any atom is 0.303 e. The Morgan fingerprint density at radius 1 is 0.938 bits per heavy atom. The minimum atomic E-state index is -0.769. The van der Waals surface area contributed by atoms with Crippen LogP contribution in [-0.4, -0.2) is 39.3 Å². The highest BCUT2D eigenvalue weighted by Gasteiger charge is 2.23. The van der Waals surface area contributed by atoms with Crippen molar-refractivity contribution in [3.63, 3.8) is 0 Å². The number of carbonyl (C=O) groups is 3. The fraction of sp³-hybridized carbons (Fsp3) is 0.640. The summed E-state index contributed by atoms with van der Waals surface area (Å²) in [7, 11) is 3.37. The molecule has 1 amide bonds. The van der Waals surface area contributed by atoms with E-state index in [1.807, 2.05) is 37.3 Å². The van der Waals surface area contributed by atoms with E-state index in [2.05, 4.69) is 33.0 Å². The van der Waals surface area contributed by atoms with Crippen LogP contribution in [0, 0.1) is 5.41 Å². The van der Waals surface area contributed by atoms with Crippen molar-refractivity contribution in [2.24, 2.45) is 5.41 Å². The van der Waals surface area contributed by atoms with Crippen molar-refractivity contribution in [1.29, 1.82) is 0 Å². The Kier molecular flexibility index (Phi) is 13.1. The lowest BCUT2D eigenvalue weighted by Crippen LogP contribution is -2.42. The summed E-state index contributed by atoms with van der Waals surface area (Å²) < 4.78 is 0. The summed E-state index contributed by atoms with van der Waals surface area (Å²) in [6.45, 7) is 10.4. The predicted molar refractivity (Wildman–Crippen MR) is 136 cm³/mol. The first-order chi connectivity index (χ1) is 15.0. The smallest absolute Gasteiger partial charge is 0.303 e. The molecule has 0 aromatic heterocycles. The van der Waals surface area contributed by atoms with E-state index in [4.69, 9.17) is 5.11 Å². The van der Waals surface area contributed by atoms with Crippen LogP contribution >= 0.6 is 21.6 Å². The van der Waals surface area contributed by atoms with E-state index < -0.39 is 12.0 Å². The molecule has 0 spiro atoms. The average molecular weight is 482 g/mol. The van der Waals surface area contributed by atoms with E-state index in [1.54, 1.807) is 21.6 Å². The van der Waals surface area contributed by atoms with Crippen molar-refractivity contribution < 1.29 is 19.5 Å². The molecular weight excluding hydrogens is 442 g/mol. The van der Waals surface area contributed by atoms with Gasteiger partial charge in [0.15, 0.2) is 5.78 Å². The number of aliphatic carboxylic acids is 1. The van der Waals surface area contributed by atoms with Crippen LogP contribution in [-0.2, 0) is 20.8 Å². The van der Waals surface area contributed by atoms with E-state index >= 15 is 0 Å². The second kappa shape index (κ2) is 14.6. The standard InChI is InChI=1S/C25H39NO4S2/c1-18(31-32-19(2)12-14-24(29)30)11-13-23(28)26-21(17-20-9-7-6-8-10-20)22(27)15-16-25(3,4)5/h6-10,18-19,21H,11-17H2,1-5H3,(H,26,28)(H,29,30)/t18?,19?,21-/m0/s1. The van der Waals surface area contributed by atoms with Gasteiger partial charge in [0.2, 0.25) is 5.91 Å². The first-order valence-corrected chi connectivity index (χ1v) is 13.6. The summed E-state index contributed by atoms with van der Waals surface area (Å²) >= 11 is 0. The predicted octanol–water partition coefficient (Wildman–Crippen LogP) is 5.91. The normalized spacial score (nSPS) is 14.4. The van der Waals surface area contributed by atoms with Gasteiger partial charge in [0.05, 0.1) is 6.04 Å². The van der Waals surface area contributed by atoms with Crippen molar-refractivity contribution in [2.45, 2.75) is 96.1 Å². The number of ketones is 1. The molecule has 0 bridgehead atoms. The Labute approximate surface area is 201 Å². The van der Waals surface area contributed by atoms with Crippen LogP contribution in [0.3, 0.4) is 0 Å². The van der Waals surface area contributed by atoms with Crippen molar-refractivity contribution in [1.82, 2.24) is 5.32 Å². The van der Waals surface area contributed by atoms with Gasteiger partial charge >= 0.3 is 5.97 Å². The highest BCUT2D eigenvalue weighted by Crippen LogP contribution is 2.34. The quantitative estimate of drug-likeness (QED) is 0.303. The Morgan fingerprint density at radius 3 is 2.03 bits per heavy atom. The van der Waals surface area contributed by atoms with E-state index in [9.17, 15) is 14.4 Å². The van der Waals surface area contributed by atoms with E-state index in [0.717, 1.165) is 12.0 Å². The Hall–Kier alpha value is -1.47. The monoisotopic (exact) mass is 481 g/mol. The third kappa shape index (κ3) is 13.8. The molecule has 0 saturated carbocycles. The minimum absolute atomic E-state index is 0.0723. The zero-order valence-electron chi connectivity index (χ0n) is 20.1. The van der Waals surface area contributed by atoms with E-state index in [-0.39, 0.29) is 34.0 Å². The van der Waals surface area contributed by atoms with Crippen LogP contribution in [0.25, 0.3) is 0 Å². The highest BCUT2D eigenvalue weighted by molar-refractivity contribution is 8.77. The molecule has 0 heterocycles. The first-order valence-electron chi connectivity index (χ1n) is 11.4. The largest absolute Gasteiger partial charge is 0.481 e. The van der Waals surface area contributed by atoms with Crippen LogP contribution in [0.1, 0.15) is 78.7 Å². The van der Waals surface area contributed by atoms with Gasteiger partial charge in [-0.1, -0.05) is 86.5 Å². The number of hydrogen-bond acceptors (Lipinski definition) is 5. The van der Waals surface area contributed by atoms with Crippen molar-refractivity contribution in [3.05, 3.63) is 35.9 Å². The third-order valence-electron chi connectivity index (χ3n) is 5.05. The van der Waals surface area contributed by atoms with E-state index in [0.29, 0.717) is 32.1 Å². The zero-order valence-corrected chi connectivity index (χ0v) is 21.7. The minimum Gasteiger partial charge on any atom is -0.481 e. The summed E-state index contributed by atoms with van der Waals surface area (Å²) in [5.41, 5.74) is 1.11. The number of carboxylic acid groups (broad SMARTS) is 1. The van der Waals surface area contributed by atoms with Crippen LogP contribution in [0.15, 0.2) is 30.3 Å². The van der Waals surface area contributed by atoms with Crippen LogP contribution in [0.4, 0.5) is 0 Å². The van der Waals surface area contributed by atoms with Gasteiger partial charge in [-0.15, -0.1) is 0 Å². The Bertz CT molecular complexity index is 718. The highest BCUT2D eigenvalue weighted by atomic mass is 33.1. The third-order valence-corrected chi connectivity index (χ3v) is 8.60. The number of Topliss-reactive ketones (excluding diaryl/α,β-unsaturated/α-hetero) is 1. The number of rotatable bonds is 15. The van der Waals surface area contributed by atoms with Crippen LogP contribution in [0.2, 0.25) is 0 Å². The summed E-state index contributed by atoms with van der Waals surface area (Å²) in [5.74, 6) is -0.775. The number of amides is 1. The maximum absolute atomic E-state index is 12.9. The van der Waals surface area contributed by atoms with Crippen LogP contribution < -0.4 is 5.32 Å². The zero-order chi connectivity index (χ0) is 24.1. The topological polar surface area (TPSA) is 83.5 Å². The van der Waals surface area contributed by atoms with Crippen molar-refractivity contribution in [3.8, 4) is 0 Å². The van der Waals surface area contributed by atoms with Gasteiger partial charge in [-0.2, -0.15) is 0 Å². The lowest BCUT2D eigenvalue weighted by atomic mass is 9.87.